The number of anilines is 1. The Bertz CT molecular complexity index is 745. The van der Waals surface area contributed by atoms with Crippen LogP contribution < -0.4 is 4.90 Å². The van der Waals surface area contributed by atoms with Crippen molar-refractivity contribution in [3.8, 4) is 0 Å². The van der Waals surface area contributed by atoms with Gasteiger partial charge in [-0.15, -0.1) is 11.3 Å². The molecule has 1 aliphatic carbocycles. The normalized spacial score (nSPS) is 21.2. The van der Waals surface area contributed by atoms with Gasteiger partial charge < -0.3 is 10.0 Å². The summed E-state index contributed by atoms with van der Waals surface area (Å²) in [5, 5.41) is 10.6. The fourth-order valence-electron chi connectivity index (χ4n) is 3.44. The van der Waals surface area contributed by atoms with Crippen LogP contribution in [0.4, 0.5) is 5.82 Å². The largest absolute Gasteiger partial charge is 0.480 e. The summed E-state index contributed by atoms with van der Waals surface area (Å²) in [6, 6.07) is -0.504. The zero-order chi connectivity index (χ0) is 14.6. The number of aryl methyl sites for hydroxylation is 2. The van der Waals surface area contributed by atoms with Gasteiger partial charge in [-0.1, -0.05) is 0 Å². The number of halogens is 1. The van der Waals surface area contributed by atoms with Crippen molar-refractivity contribution in [3.05, 3.63) is 15.7 Å². The average Bonchev–Trinajstić information content (AvgIpc) is 3.11. The number of nitrogens with zero attached hydrogens (tertiary/aromatic N) is 3. The van der Waals surface area contributed by atoms with Crippen molar-refractivity contribution in [1.29, 1.82) is 0 Å². The minimum absolute atomic E-state index is 0.202. The first-order valence-corrected chi connectivity index (χ1v) is 8.32. The Hall–Kier alpha value is -1.40. The van der Waals surface area contributed by atoms with Crippen LogP contribution in [0.2, 0.25) is 5.28 Å². The lowest BCUT2D eigenvalue weighted by Gasteiger charge is -2.23. The molecule has 1 saturated heterocycles. The van der Waals surface area contributed by atoms with E-state index in [-0.39, 0.29) is 5.28 Å². The molecule has 1 aliphatic heterocycles. The van der Waals surface area contributed by atoms with Gasteiger partial charge >= 0.3 is 5.97 Å². The Morgan fingerprint density at radius 1 is 1.33 bits per heavy atom. The van der Waals surface area contributed by atoms with Crippen molar-refractivity contribution in [2.45, 2.75) is 38.1 Å². The van der Waals surface area contributed by atoms with Crippen LogP contribution in [0.5, 0.6) is 0 Å². The molecule has 2 aromatic heterocycles. The third-order valence-corrected chi connectivity index (χ3v) is 5.68. The summed E-state index contributed by atoms with van der Waals surface area (Å²) in [4.78, 5) is 24.3. The minimum atomic E-state index is -0.790. The van der Waals surface area contributed by atoms with Gasteiger partial charge in [0, 0.05) is 11.4 Å². The van der Waals surface area contributed by atoms with Crippen LogP contribution in [-0.4, -0.2) is 33.6 Å². The number of thiophene rings is 1. The second-order valence-corrected chi connectivity index (χ2v) is 6.97. The Morgan fingerprint density at radius 3 is 3.00 bits per heavy atom. The first-order chi connectivity index (χ1) is 10.1. The number of carboxylic acid groups (broad SMARTS) is 1. The molecule has 0 spiro atoms. The Morgan fingerprint density at radius 2 is 2.19 bits per heavy atom. The second-order valence-electron chi connectivity index (χ2n) is 5.54. The van der Waals surface area contributed by atoms with Crippen molar-refractivity contribution in [1.82, 2.24) is 9.97 Å². The number of fused-ring (bicyclic) bond motifs is 3. The highest BCUT2D eigenvalue weighted by Crippen LogP contribution is 2.42. The van der Waals surface area contributed by atoms with E-state index in [4.69, 9.17) is 11.6 Å². The molecule has 0 amide bonds. The number of aromatic nitrogens is 2. The summed E-state index contributed by atoms with van der Waals surface area (Å²) >= 11 is 7.74. The number of hydrogen-bond acceptors (Lipinski definition) is 5. The number of hydrogen-bond donors (Lipinski definition) is 1. The SMILES string of the molecule is O=C(O)C1CCCN1c1nc(Cl)nc2sc3c(c12)CCC3. The molecule has 1 N–H and O–H groups in total. The maximum absolute atomic E-state index is 11.5. The number of carboxylic acids is 1. The third-order valence-electron chi connectivity index (χ3n) is 4.33. The number of carbonyl (C=O) groups is 1. The van der Waals surface area contributed by atoms with Crippen molar-refractivity contribution < 1.29 is 9.90 Å². The van der Waals surface area contributed by atoms with Gasteiger partial charge in [-0.3, -0.25) is 0 Å². The molecule has 7 heteroatoms. The molecule has 2 aromatic rings. The Labute approximate surface area is 130 Å². The lowest BCUT2D eigenvalue weighted by molar-refractivity contribution is -0.138. The van der Waals surface area contributed by atoms with Gasteiger partial charge in [0.1, 0.15) is 16.7 Å². The van der Waals surface area contributed by atoms with E-state index in [9.17, 15) is 9.90 Å². The van der Waals surface area contributed by atoms with E-state index in [1.54, 1.807) is 11.3 Å². The number of aliphatic carboxylic acids is 1. The highest BCUT2D eigenvalue weighted by Gasteiger charge is 2.34. The van der Waals surface area contributed by atoms with Crippen LogP contribution in [-0.2, 0) is 17.6 Å². The van der Waals surface area contributed by atoms with Gasteiger partial charge in [-0.2, -0.15) is 4.98 Å². The third kappa shape index (κ3) is 2.00. The molecule has 1 fully saturated rings. The molecular weight excluding hydrogens is 310 g/mol. The molecule has 0 radical (unpaired) electrons. The molecule has 0 aromatic carbocycles. The molecule has 0 bridgehead atoms. The molecular formula is C14H14ClN3O2S. The fourth-order valence-corrected chi connectivity index (χ4v) is 4.91. The maximum Gasteiger partial charge on any atom is 0.326 e. The molecule has 21 heavy (non-hydrogen) atoms. The first kappa shape index (κ1) is 13.3. The van der Waals surface area contributed by atoms with Gasteiger partial charge in [0.2, 0.25) is 5.28 Å². The van der Waals surface area contributed by atoms with E-state index in [0.29, 0.717) is 18.8 Å². The smallest absolute Gasteiger partial charge is 0.326 e. The predicted molar refractivity (Wildman–Crippen MR) is 82.5 cm³/mol. The highest BCUT2D eigenvalue weighted by atomic mass is 35.5. The van der Waals surface area contributed by atoms with Gasteiger partial charge in [-0.05, 0) is 49.3 Å². The van der Waals surface area contributed by atoms with Crippen molar-refractivity contribution >= 4 is 44.9 Å². The average molecular weight is 324 g/mol. The summed E-state index contributed by atoms with van der Waals surface area (Å²) in [7, 11) is 0. The maximum atomic E-state index is 11.5. The van der Waals surface area contributed by atoms with Gasteiger partial charge in [0.25, 0.3) is 0 Å². The minimum Gasteiger partial charge on any atom is -0.480 e. The summed E-state index contributed by atoms with van der Waals surface area (Å²) in [6.07, 6.45) is 4.79. The molecule has 1 unspecified atom stereocenters. The van der Waals surface area contributed by atoms with Gasteiger partial charge in [0.05, 0.1) is 5.39 Å². The predicted octanol–water partition coefficient (Wildman–Crippen LogP) is 2.89. The van der Waals surface area contributed by atoms with Crippen LogP contribution in [0.15, 0.2) is 0 Å². The highest BCUT2D eigenvalue weighted by molar-refractivity contribution is 7.19. The van der Waals surface area contributed by atoms with Gasteiger partial charge in [0.15, 0.2) is 0 Å². The van der Waals surface area contributed by atoms with Crippen molar-refractivity contribution in [3.63, 3.8) is 0 Å². The molecule has 110 valence electrons. The Balaban J connectivity index is 1.93. The van der Waals surface area contributed by atoms with Crippen LogP contribution >= 0.6 is 22.9 Å². The standard InChI is InChI=1S/C14H14ClN3O2S/c15-14-16-11(18-6-2-4-8(18)13(19)20)10-7-3-1-5-9(7)21-12(10)17-14/h8H,1-6H2,(H,19,20). The van der Waals surface area contributed by atoms with E-state index in [0.717, 1.165) is 35.9 Å². The molecule has 3 heterocycles. The van der Waals surface area contributed by atoms with Crippen LogP contribution in [0, 0.1) is 0 Å². The summed E-state index contributed by atoms with van der Waals surface area (Å²) in [6.45, 7) is 0.712. The van der Waals surface area contributed by atoms with Crippen LogP contribution in [0.1, 0.15) is 29.7 Å². The van der Waals surface area contributed by atoms with Crippen LogP contribution in [0.3, 0.4) is 0 Å². The lowest BCUT2D eigenvalue weighted by Crippen LogP contribution is -2.36. The molecule has 0 saturated carbocycles. The van der Waals surface area contributed by atoms with Crippen LogP contribution in [0.25, 0.3) is 10.2 Å². The van der Waals surface area contributed by atoms with Crippen molar-refractivity contribution in [2.75, 3.05) is 11.4 Å². The second kappa shape index (κ2) is 4.81. The zero-order valence-corrected chi connectivity index (χ0v) is 12.9. The van der Waals surface area contributed by atoms with E-state index < -0.39 is 12.0 Å². The Kier molecular flexibility index (Phi) is 3.04. The fraction of sp³-hybridized carbons (Fsp3) is 0.500. The van der Waals surface area contributed by atoms with Crippen molar-refractivity contribution in [2.24, 2.45) is 0 Å². The summed E-state index contributed by atoms with van der Waals surface area (Å²) in [5.74, 6) is -0.0726. The van der Waals surface area contributed by atoms with E-state index in [1.807, 2.05) is 4.90 Å². The van der Waals surface area contributed by atoms with Gasteiger partial charge in [-0.25, -0.2) is 9.78 Å². The van der Waals surface area contributed by atoms with E-state index in [2.05, 4.69) is 9.97 Å². The zero-order valence-electron chi connectivity index (χ0n) is 11.3. The topological polar surface area (TPSA) is 66.3 Å². The summed E-state index contributed by atoms with van der Waals surface area (Å²) in [5.41, 5.74) is 1.30. The molecule has 5 nitrogen and oxygen atoms in total. The molecule has 4 rings (SSSR count). The monoisotopic (exact) mass is 323 g/mol. The lowest BCUT2D eigenvalue weighted by atomic mass is 10.1. The first-order valence-electron chi connectivity index (χ1n) is 7.12. The number of rotatable bonds is 2. The van der Waals surface area contributed by atoms with E-state index >= 15 is 0 Å². The van der Waals surface area contributed by atoms with E-state index in [1.165, 1.54) is 10.4 Å². The molecule has 1 atom stereocenters. The molecule has 2 aliphatic rings. The quantitative estimate of drug-likeness (QED) is 0.861. The summed E-state index contributed by atoms with van der Waals surface area (Å²) < 4.78 is 0.